The minimum absolute atomic E-state index is 0.129. The van der Waals surface area contributed by atoms with Gasteiger partial charge in [0, 0.05) is 41.8 Å². The fraction of sp³-hybridized carbons (Fsp3) is 0.368. The van der Waals surface area contributed by atoms with E-state index in [0.29, 0.717) is 6.54 Å². The lowest BCUT2D eigenvalue weighted by Gasteiger charge is -2.27. The van der Waals surface area contributed by atoms with E-state index in [1.807, 2.05) is 17.9 Å². The summed E-state index contributed by atoms with van der Waals surface area (Å²) in [5.74, 6) is 0.129. The second kappa shape index (κ2) is 5.82. The van der Waals surface area contributed by atoms with Crippen LogP contribution in [0.15, 0.2) is 30.6 Å². The third-order valence-corrected chi connectivity index (χ3v) is 4.92. The zero-order chi connectivity index (χ0) is 16.7. The van der Waals surface area contributed by atoms with Crippen LogP contribution in [0.5, 0.6) is 0 Å². The molecule has 0 spiro atoms. The number of para-hydroxylation sites is 1. The summed E-state index contributed by atoms with van der Waals surface area (Å²) in [6.07, 6.45) is 3.66. The summed E-state index contributed by atoms with van der Waals surface area (Å²) in [5, 5.41) is 1.08. The van der Waals surface area contributed by atoms with E-state index in [1.165, 1.54) is 11.2 Å². The van der Waals surface area contributed by atoms with Crippen molar-refractivity contribution in [2.24, 2.45) is 0 Å². The summed E-state index contributed by atoms with van der Waals surface area (Å²) < 4.78 is 2.33. The molecule has 2 aromatic heterocycles. The molecule has 0 saturated heterocycles. The van der Waals surface area contributed by atoms with E-state index in [1.54, 1.807) is 6.33 Å². The summed E-state index contributed by atoms with van der Waals surface area (Å²) >= 11 is 0. The number of amides is 1. The first-order valence-electron chi connectivity index (χ1n) is 8.59. The molecule has 0 atom stereocenters. The molecule has 1 aliphatic rings. The predicted octanol–water partition coefficient (Wildman–Crippen LogP) is 3.28. The normalized spacial score (nSPS) is 14.4. The number of aromatic nitrogens is 3. The van der Waals surface area contributed by atoms with Crippen LogP contribution in [0.3, 0.4) is 0 Å². The smallest absolute Gasteiger partial charge is 0.256 e. The molecule has 0 radical (unpaired) electrons. The van der Waals surface area contributed by atoms with Crippen LogP contribution in [0.4, 0.5) is 0 Å². The molecule has 5 heteroatoms. The number of aryl methyl sites for hydroxylation is 2. The molecule has 5 nitrogen and oxygen atoms in total. The van der Waals surface area contributed by atoms with Gasteiger partial charge in [-0.3, -0.25) is 4.79 Å². The summed E-state index contributed by atoms with van der Waals surface area (Å²) in [7, 11) is 0. The number of fused-ring (bicyclic) bond motifs is 3. The predicted molar refractivity (Wildman–Crippen MR) is 94.0 cm³/mol. The molecule has 0 bridgehead atoms. The number of rotatable bonds is 4. The Morgan fingerprint density at radius 3 is 2.88 bits per heavy atom. The Hall–Kier alpha value is -2.56. The molecule has 1 amide bonds. The third-order valence-electron chi connectivity index (χ3n) is 4.92. The first-order valence-corrected chi connectivity index (χ1v) is 8.59. The van der Waals surface area contributed by atoms with Crippen molar-refractivity contribution in [1.82, 2.24) is 19.4 Å². The van der Waals surface area contributed by atoms with Crippen molar-refractivity contribution in [2.75, 3.05) is 6.54 Å². The standard InChI is InChI=1S/C19H22N4O/c1-3-9-23-16-7-5-4-6-14(16)18-17(23)8-10-22(19(18)24)11-15-13(2)20-12-21-15/h4-7,12H,3,8-11H2,1-2H3,(H,20,21). The molecule has 3 aromatic rings. The number of aromatic amines is 1. The van der Waals surface area contributed by atoms with Gasteiger partial charge in [0.25, 0.3) is 5.91 Å². The van der Waals surface area contributed by atoms with Gasteiger partial charge in [-0.15, -0.1) is 0 Å². The maximum Gasteiger partial charge on any atom is 0.256 e. The zero-order valence-electron chi connectivity index (χ0n) is 14.2. The van der Waals surface area contributed by atoms with Crippen molar-refractivity contribution in [3.8, 4) is 0 Å². The molecule has 3 heterocycles. The monoisotopic (exact) mass is 322 g/mol. The molecule has 4 rings (SSSR count). The van der Waals surface area contributed by atoms with Gasteiger partial charge in [0.05, 0.1) is 24.1 Å². The van der Waals surface area contributed by atoms with Crippen molar-refractivity contribution < 1.29 is 4.79 Å². The highest BCUT2D eigenvalue weighted by molar-refractivity contribution is 6.09. The first kappa shape index (κ1) is 15.0. The Kier molecular flexibility index (Phi) is 3.63. The van der Waals surface area contributed by atoms with Crippen LogP contribution in [-0.2, 0) is 19.5 Å². The molecule has 0 saturated carbocycles. The SMILES string of the molecule is CCCn1c2c(c3ccccc31)C(=O)N(Cc1nc[nH]c1C)CC2. The minimum atomic E-state index is 0.129. The molecule has 1 aromatic carbocycles. The van der Waals surface area contributed by atoms with E-state index >= 15 is 0 Å². The number of hydrogen-bond donors (Lipinski definition) is 1. The number of carbonyl (C=O) groups excluding carboxylic acids is 1. The second-order valence-electron chi connectivity index (χ2n) is 6.44. The van der Waals surface area contributed by atoms with E-state index in [-0.39, 0.29) is 5.91 Å². The molecule has 0 fully saturated rings. The summed E-state index contributed by atoms with van der Waals surface area (Å²) in [6.45, 7) is 6.45. The van der Waals surface area contributed by atoms with Crippen molar-refractivity contribution >= 4 is 16.8 Å². The molecular weight excluding hydrogens is 300 g/mol. The van der Waals surface area contributed by atoms with Crippen LogP contribution in [0.25, 0.3) is 10.9 Å². The van der Waals surface area contributed by atoms with Crippen LogP contribution in [0.2, 0.25) is 0 Å². The number of H-pyrrole nitrogens is 1. The van der Waals surface area contributed by atoms with Crippen LogP contribution >= 0.6 is 0 Å². The van der Waals surface area contributed by atoms with Gasteiger partial charge in [0.15, 0.2) is 0 Å². The van der Waals surface area contributed by atoms with Crippen LogP contribution in [-0.4, -0.2) is 31.9 Å². The molecular formula is C19H22N4O. The molecule has 1 N–H and O–H groups in total. The Morgan fingerprint density at radius 2 is 2.12 bits per heavy atom. The molecule has 0 aliphatic carbocycles. The van der Waals surface area contributed by atoms with E-state index in [2.05, 4.69) is 39.7 Å². The lowest BCUT2D eigenvalue weighted by molar-refractivity contribution is 0.0725. The van der Waals surface area contributed by atoms with E-state index in [0.717, 1.165) is 48.3 Å². The first-order chi connectivity index (χ1) is 11.7. The van der Waals surface area contributed by atoms with Crippen molar-refractivity contribution in [2.45, 2.75) is 39.8 Å². The quantitative estimate of drug-likeness (QED) is 0.801. The van der Waals surface area contributed by atoms with Crippen molar-refractivity contribution in [3.05, 3.63) is 53.2 Å². The van der Waals surface area contributed by atoms with E-state index in [9.17, 15) is 4.79 Å². The summed E-state index contributed by atoms with van der Waals surface area (Å²) in [6, 6.07) is 8.26. The number of benzene rings is 1. The second-order valence-corrected chi connectivity index (χ2v) is 6.44. The number of carbonyl (C=O) groups is 1. The Bertz CT molecular complexity index is 905. The molecule has 24 heavy (non-hydrogen) atoms. The zero-order valence-corrected chi connectivity index (χ0v) is 14.2. The van der Waals surface area contributed by atoms with Gasteiger partial charge < -0.3 is 14.5 Å². The largest absolute Gasteiger partial charge is 0.348 e. The highest BCUT2D eigenvalue weighted by Gasteiger charge is 2.30. The summed E-state index contributed by atoms with van der Waals surface area (Å²) in [5.41, 5.74) is 5.23. The van der Waals surface area contributed by atoms with Crippen LogP contribution in [0, 0.1) is 6.92 Å². The number of hydrogen-bond acceptors (Lipinski definition) is 2. The minimum Gasteiger partial charge on any atom is -0.348 e. The van der Waals surface area contributed by atoms with Gasteiger partial charge in [-0.05, 0) is 19.4 Å². The highest BCUT2D eigenvalue weighted by atomic mass is 16.2. The fourth-order valence-electron chi connectivity index (χ4n) is 3.71. The molecule has 124 valence electrons. The maximum atomic E-state index is 13.2. The van der Waals surface area contributed by atoms with Gasteiger partial charge in [-0.2, -0.15) is 0 Å². The molecule has 0 unspecified atom stereocenters. The Balaban J connectivity index is 1.77. The van der Waals surface area contributed by atoms with Crippen molar-refractivity contribution in [3.63, 3.8) is 0 Å². The Morgan fingerprint density at radius 1 is 1.29 bits per heavy atom. The highest BCUT2D eigenvalue weighted by Crippen LogP contribution is 2.31. The average Bonchev–Trinajstić information content (AvgIpc) is 3.13. The lowest BCUT2D eigenvalue weighted by atomic mass is 10.0. The lowest BCUT2D eigenvalue weighted by Crippen LogP contribution is -2.37. The third kappa shape index (κ3) is 2.23. The molecule has 1 aliphatic heterocycles. The van der Waals surface area contributed by atoms with E-state index < -0.39 is 0 Å². The number of imidazole rings is 1. The van der Waals surface area contributed by atoms with Crippen LogP contribution in [0.1, 0.15) is 40.8 Å². The summed E-state index contributed by atoms with van der Waals surface area (Å²) in [4.78, 5) is 22.5. The number of nitrogens with one attached hydrogen (secondary N) is 1. The average molecular weight is 322 g/mol. The van der Waals surface area contributed by atoms with Gasteiger partial charge in [0.1, 0.15) is 0 Å². The number of nitrogens with zero attached hydrogens (tertiary/aromatic N) is 3. The van der Waals surface area contributed by atoms with Gasteiger partial charge >= 0.3 is 0 Å². The fourth-order valence-corrected chi connectivity index (χ4v) is 3.71. The van der Waals surface area contributed by atoms with Gasteiger partial charge in [-0.1, -0.05) is 25.1 Å². The van der Waals surface area contributed by atoms with Crippen molar-refractivity contribution in [1.29, 1.82) is 0 Å². The van der Waals surface area contributed by atoms with Gasteiger partial charge in [-0.25, -0.2) is 4.98 Å². The Labute approximate surface area is 141 Å². The topological polar surface area (TPSA) is 53.9 Å². The van der Waals surface area contributed by atoms with Gasteiger partial charge in [0.2, 0.25) is 0 Å². The maximum absolute atomic E-state index is 13.2. The van der Waals surface area contributed by atoms with Crippen LogP contribution < -0.4 is 0 Å². The van der Waals surface area contributed by atoms with E-state index in [4.69, 9.17) is 0 Å².